The van der Waals surface area contributed by atoms with Crippen molar-refractivity contribution in [3.63, 3.8) is 0 Å². The molecule has 1 N–H and O–H groups in total. The first-order chi connectivity index (χ1) is 15.8. The lowest BCUT2D eigenvalue weighted by atomic mass is 10.1. The van der Waals surface area contributed by atoms with Crippen LogP contribution in [-0.4, -0.2) is 20.8 Å². The summed E-state index contributed by atoms with van der Waals surface area (Å²) in [6.07, 6.45) is 0. The van der Waals surface area contributed by atoms with Gasteiger partial charge in [-0.15, -0.1) is 0 Å². The van der Waals surface area contributed by atoms with Gasteiger partial charge in [-0.2, -0.15) is 5.10 Å². The number of nitrogens with one attached hydrogen (secondary N) is 1. The molecular formula is C25H25ClN4O3. The highest BCUT2D eigenvalue weighted by Crippen LogP contribution is 2.24. The molecule has 1 amide bonds. The minimum absolute atomic E-state index is 0.143. The molecule has 0 bridgehead atoms. The molecule has 0 fully saturated rings. The molecule has 33 heavy (non-hydrogen) atoms. The number of nitrogens with zero attached hydrogens (tertiary/aromatic N) is 3. The molecule has 2 aromatic heterocycles. The second-order valence-corrected chi connectivity index (χ2v) is 8.33. The Hall–Kier alpha value is -3.58. The van der Waals surface area contributed by atoms with E-state index >= 15 is 0 Å². The number of hydrogen-bond acceptors (Lipinski definition) is 5. The molecule has 2 aromatic carbocycles. The number of anilines is 1. The summed E-state index contributed by atoms with van der Waals surface area (Å²) in [5, 5.41) is 12.2. The summed E-state index contributed by atoms with van der Waals surface area (Å²) in [5.74, 6) is 0.788. The van der Waals surface area contributed by atoms with Gasteiger partial charge in [0.2, 0.25) is 0 Å². The highest BCUT2D eigenvalue weighted by Gasteiger charge is 2.23. The van der Waals surface area contributed by atoms with Gasteiger partial charge in [0.1, 0.15) is 18.1 Å². The molecule has 0 saturated carbocycles. The van der Waals surface area contributed by atoms with Crippen LogP contribution >= 0.6 is 11.6 Å². The van der Waals surface area contributed by atoms with Gasteiger partial charge < -0.3 is 14.6 Å². The number of ether oxygens (including phenoxy) is 1. The van der Waals surface area contributed by atoms with Crippen LogP contribution in [0.4, 0.5) is 5.69 Å². The molecule has 0 spiro atoms. The van der Waals surface area contributed by atoms with Crippen LogP contribution in [0.15, 0.2) is 53.1 Å². The fraction of sp³-hybridized carbons (Fsp3) is 0.240. The van der Waals surface area contributed by atoms with Gasteiger partial charge in [0.25, 0.3) is 5.91 Å². The summed E-state index contributed by atoms with van der Waals surface area (Å²) in [7, 11) is 0. The van der Waals surface area contributed by atoms with Crippen molar-refractivity contribution in [2.45, 2.75) is 40.8 Å². The van der Waals surface area contributed by atoms with Crippen LogP contribution in [0.1, 0.15) is 44.3 Å². The maximum absolute atomic E-state index is 13.1. The van der Waals surface area contributed by atoms with Crippen molar-refractivity contribution in [1.82, 2.24) is 14.9 Å². The first-order valence-corrected chi connectivity index (χ1v) is 10.9. The summed E-state index contributed by atoms with van der Waals surface area (Å²) in [5.41, 5.74) is 5.40. The third-order valence-electron chi connectivity index (χ3n) is 5.60. The van der Waals surface area contributed by atoms with Gasteiger partial charge in [0.05, 0.1) is 29.2 Å². The van der Waals surface area contributed by atoms with E-state index in [1.165, 1.54) is 11.1 Å². The Bertz CT molecular complexity index is 1290. The van der Waals surface area contributed by atoms with Gasteiger partial charge in [-0.25, -0.2) is 0 Å². The topological polar surface area (TPSA) is 82.2 Å². The van der Waals surface area contributed by atoms with Crippen molar-refractivity contribution >= 4 is 23.2 Å². The number of carbonyl (C=O) groups excluding carboxylic acids is 1. The van der Waals surface area contributed by atoms with Crippen molar-refractivity contribution in [2.24, 2.45) is 0 Å². The van der Waals surface area contributed by atoms with E-state index in [9.17, 15) is 4.79 Å². The minimum Gasteiger partial charge on any atom is -0.489 e. The third-order valence-corrected chi connectivity index (χ3v) is 5.85. The first-order valence-electron chi connectivity index (χ1n) is 10.6. The molecule has 0 aliphatic carbocycles. The average Bonchev–Trinajstić information content (AvgIpc) is 3.29. The van der Waals surface area contributed by atoms with E-state index in [1.54, 1.807) is 31.2 Å². The van der Waals surface area contributed by atoms with E-state index in [0.717, 1.165) is 11.4 Å². The zero-order valence-electron chi connectivity index (χ0n) is 19.0. The maximum atomic E-state index is 13.1. The Balaban J connectivity index is 1.51. The Morgan fingerprint density at radius 1 is 1.09 bits per heavy atom. The molecule has 0 radical (unpaired) electrons. The normalized spacial score (nSPS) is 10.9. The van der Waals surface area contributed by atoms with Gasteiger partial charge in [-0.3, -0.25) is 9.48 Å². The van der Waals surface area contributed by atoms with Gasteiger partial charge >= 0.3 is 0 Å². The van der Waals surface area contributed by atoms with E-state index in [0.29, 0.717) is 34.3 Å². The van der Waals surface area contributed by atoms with Gasteiger partial charge in [-0.05, 0) is 63.1 Å². The number of aromatic nitrogens is 3. The van der Waals surface area contributed by atoms with Crippen LogP contribution in [0.3, 0.4) is 0 Å². The second kappa shape index (κ2) is 9.50. The highest BCUT2D eigenvalue weighted by atomic mass is 35.5. The van der Waals surface area contributed by atoms with Crippen molar-refractivity contribution in [3.8, 4) is 5.75 Å². The summed E-state index contributed by atoms with van der Waals surface area (Å²) >= 11 is 5.92. The number of amides is 1. The molecule has 8 heteroatoms. The SMILES string of the molecule is Cc1ccccc1Cn1nc(C)c(NC(=O)c2noc(C)c2COc2ccc(Cl)cc2)c1C. The monoisotopic (exact) mass is 464 g/mol. The predicted molar refractivity (Wildman–Crippen MR) is 127 cm³/mol. The van der Waals surface area contributed by atoms with Crippen molar-refractivity contribution < 1.29 is 14.1 Å². The molecule has 0 unspecified atom stereocenters. The van der Waals surface area contributed by atoms with Crippen molar-refractivity contribution in [2.75, 3.05) is 5.32 Å². The zero-order valence-corrected chi connectivity index (χ0v) is 19.7. The molecule has 7 nitrogen and oxygen atoms in total. The number of aryl methyl sites for hydroxylation is 3. The number of carbonyl (C=O) groups is 1. The summed E-state index contributed by atoms with van der Waals surface area (Å²) in [4.78, 5) is 13.1. The number of rotatable bonds is 7. The number of benzene rings is 2. The lowest BCUT2D eigenvalue weighted by molar-refractivity contribution is 0.101. The van der Waals surface area contributed by atoms with Gasteiger partial charge in [-0.1, -0.05) is 41.0 Å². The molecular weight excluding hydrogens is 440 g/mol. The van der Waals surface area contributed by atoms with E-state index < -0.39 is 0 Å². The van der Waals surface area contributed by atoms with Crippen molar-refractivity contribution in [1.29, 1.82) is 0 Å². The van der Waals surface area contributed by atoms with Crippen LogP contribution < -0.4 is 10.1 Å². The molecule has 2 heterocycles. The van der Waals surface area contributed by atoms with Crippen LogP contribution in [0, 0.1) is 27.7 Å². The molecule has 0 atom stereocenters. The molecule has 0 saturated heterocycles. The molecule has 170 valence electrons. The minimum atomic E-state index is -0.372. The largest absolute Gasteiger partial charge is 0.489 e. The Morgan fingerprint density at radius 3 is 2.55 bits per heavy atom. The highest BCUT2D eigenvalue weighted by molar-refractivity contribution is 6.30. The van der Waals surface area contributed by atoms with Gasteiger partial charge in [0, 0.05) is 5.02 Å². The number of halogens is 1. The molecule has 4 rings (SSSR count). The summed E-state index contributed by atoms with van der Waals surface area (Å²) in [6, 6.07) is 15.2. The summed E-state index contributed by atoms with van der Waals surface area (Å²) < 4.78 is 13.0. The molecule has 0 aliphatic rings. The van der Waals surface area contributed by atoms with E-state index in [4.69, 9.17) is 20.9 Å². The van der Waals surface area contributed by atoms with Gasteiger partial charge in [0.15, 0.2) is 5.69 Å². The zero-order chi connectivity index (χ0) is 23.5. The lowest BCUT2D eigenvalue weighted by Crippen LogP contribution is -2.16. The third kappa shape index (κ3) is 4.93. The molecule has 0 aliphatic heterocycles. The Labute approximate surface area is 197 Å². The second-order valence-electron chi connectivity index (χ2n) is 7.89. The summed E-state index contributed by atoms with van der Waals surface area (Å²) in [6.45, 7) is 8.40. The van der Waals surface area contributed by atoms with Crippen LogP contribution in [-0.2, 0) is 13.2 Å². The fourth-order valence-corrected chi connectivity index (χ4v) is 3.71. The Kier molecular flexibility index (Phi) is 6.51. The smallest absolute Gasteiger partial charge is 0.278 e. The van der Waals surface area contributed by atoms with Crippen LogP contribution in [0.5, 0.6) is 5.75 Å². The molecule has 4 aromatic rings. The predicted octanol–water partition coefficient (Wildman–Crippen LogP) is 5.64. The van der Waals surface area contributed by atoms with E-state index in [-0.39, 0.29) is 18.2 Å². The van der Waals surface area contributed by atoms with E-state index in [2.05, 4.69) is 34.6 Å². The van der Waals surface area contributed by atoms with E-state index in [1.807, 2.05) is 30.7 Å². The van der Waals surface area contributed by atoms with Crippen LogP contribution in [0.25, 0.3) is 0 Å². The fourth-order valence-electron chi connectivity index (χ4n) is 3.58. The Morgan fingerprint density at radius 2 is 1.82 bits per heavy atom. The maximum Gasteiger partial charge on any atom is 0.278 e. The van der Waals surface area contributed by atoms with Crippen molar-refractivity contribution in [3.05, 3.63) is 93.1 Å². The average molecular weight is 465 g/mol. The lowest BCUT2D eigenvalue weighted by Gasteiger charge is -2.09. The first kappa shape index (κ1) is 22.6. The standard InChI is InChI=1S/C25H25ClN4O3/c1-15-7-5-6-8-19(15)13-30-17(3)23(16(2)28-30)27-25(31)24-22(18(4)33-29-24)14-32-21-11-9-20(26)10-12-21/h5-12H,13-14H2,1-4H3,(H,27,31). The quantitative estimate of drug-likeness (QED) is 0.383. The van der Waals surface area contributed by atoms with Crippen LogP contribution in [0.2, 0.25) is 5.02 Å². The number of hydrogen-bond donors (Lipinski definition) is 1.